The molecule has 0 saturated carbocycles. The number of fused-ring (bicyclic) bond motifs is 1. The van der Waals surface area contributed by atoms with Gasteiger partial charge in [-0.3, -0.25) is 0 Å². The van der Waals surface area contributed by atoms with Crippen LogP contribution in [0.25, 0.3) is 5.57 Å². The van der Waals surface area contributed by atoms with Gasteiger partial charge in [0.25, 0.3) is 0 Å². The first-order valence-electron chi connectivity index (χ1n) is 8.03. The van der Waals surface area contributed by atoms with Crippen molar-refractivity contribution in [1.29, 1.82) is 0 Å². The number of nitrogens with one attached hydrogen (secondary N) is 1. The van der Waals surface area contributed by atoms with Gasteiger partial charge in [-0.1, -0.05) is 6.08 Å². The van der Waals surface area contributed by atoms with E-state index in [-0.39, 0.29) is 17.0 Å². The van der Waals surface area contributed by atoms with E-state index in [0.717, 1.165) is 5.75 Å². The highest BCUT2D eigenvalue weighted by Crippen LogP contribution is 2.35. The monoisotopic (exact) mass is 327 g/mol. The first-order chi connectivity index (χ1) is 11.3. The summed E-state index contributed by atoms with van der Waals surface area (Å²) in [5.41, 5.74) is 3.77. The fourth-order valence-electron chi connectivity index (χ4n) is 2.67. The number of phenols is 2. The molecule has 0 fully saturated rings. The van der Waals surface area contributed by atoms with E-state index < -0.39 is 0 Å². The summed E-state index contributed by atoms with van der Waals surface area (Å²) in [6.07, 6.45) is 2.26. The van der Waals surface area contributed by atoms with Gasteiger partial charge in [0.1, 0.15) is 17.2 Å². The van der Waals surface area contributed by atoms with Crippen molar-refractivity contribution < 1.29 is 14.9 Å². The van der Waals surface area contributed by atoms with Crippen molar-refractivity contribution in [2.24, 2.45) is 0 Å². The number of benzene rings is 2. The zero-order chi connectivity index (χ0) is 17.7. The number of hydrogen-bond donors (Lipinski definition) is 3. The lowest BCUT2D eigenvalue weighted by Gasteiger charge is -2.31. The molecule has 3 N–H and O–H groups in total. The third-order valence-corrected chi connectivity index (χ3v) is 3.61. The predicted molar refractivity (Wildman–Crippen MR) is 98.7 cm³/mol. The standard InChI is InChI=1S/C14H19NO.C6H6O2/c1-5-16-11-6-7-13-12(8-11)10(2)9-14(3,4)15-13;7-5-1-2-6(8)4-3-5/h6-9,15H,5H2,1-4H3;1-4,7-8H. The SMILES string of the molecule is CCOc1ccc2c(c1)C(C)=CC(C)(C)N2.Oc1ccc(O)cc1. The minimum absolute atomic E-state index is 0.0320. The molecule has 4 nitrogen and oxygen atoms in total. The summed E-state index contributed by atoms with van der Waals surface area (Å²) < 4.78 is 5.52. The molecule has 24 heavy (non-hydrogen) atoms. The Morgan fingerprint density at radius 1 is 1.00 bits per heavy atom. The van der Waals surface area contributed by atoms with Gasteiger partial charge in [0.2, 0.25) is 0 Å². The van der Waals surface area contributed by atoms with Gasteiger partial charge in [-0.05, 0) is 75.7 Å². The maximum Gasteiger partial charge on any atom is 0.120 e. The van der Waals surface area contributed by atoms with Crippen LogP contribution in [0.1, 0.15) is 33.3 Å². The molecule has 0 atom stereocenters. The number of allylic oxidation sites excluding steroid dienone is 1. The van der Waals surface area contributed by atoms with Gasteiger partial charge in [-0.15, -0.1) is 0 Å². The third-order valence-electron chi connectivity index (χ3n) is 3.61. The first kappa shape index (κ1) is 17.7. The van der Waals surface area contributed by atoms with Crippen LogP contribution < -0.4 is 10.1 Å². The van der Waals surface area contributed by atoms with Gasteiger partial charge in [-0.2, -0.15) is 0 Å². The number of hydrogen-bond acceptors (Lipinski definition) is 4. The normalized spacial score (nSPS) is 14.4. The average molecular weight is 327 g/mol. The molecule has 0 aliphatic carbocycles. The van der Waals surface area contributed by atoms with E-state index in [4.69, 9.17) is 14.9 Å². The highest BCUT2D eigenvalue weighted by molar-refractivity contribution is 5.80. The van der Waals surface area contributed by atoms with E-state index in [2.05, 4.69) is 44.3 Å². The van der Waals surface area contributed by atoms with Gasteiger partial charge in [0, 0.05) is 11.3 Å². The second kappa shape index (κ2) is 7.30. The lowest BCUT2D eigenvalue weighted by molar-refractivity contribution is 0.340. The van der Waals surface area contributed by atoms with Gasteiger partial charge in [-0.25, -0.2) is 0 Å². The number of ether oxygens (including phenoxy) is 1. The summed E-state index contributed by atoms with van der Waals surface area (Å²) in [7, 11) is 0. The van der Waals surface area contributed by atoms with Crippen LogP contribution in [-0.4, -0.2) is 22.4 Å². The third kappa shape index (κ3) is 4.69. The molecule has 0 radical (unpaired) electrons. The van der Waals surface area contributed by atoms with E-state index >= 15 is 0 Å². The molecule has 3 rings (SSSR count). The van der Waals surface area contributed by atoms with Gasteiger partial charge < -0.3 is 20.3 Å². The molecule has 0 amide bonds. The van der Waals surface area contributed by atoms with Crippen molar-refractivity contribution in [1.82, 2.24) is 0 Å². The number of anilines is 1. The van der Waals surface area contributed by atoms with Crippen LogP contribution >= 0.6 is 0 Å². The van der Waals surface area contributed by atoms with Crippen molar-refractivity contribution in [3.63, 3.8) is 0 Å². The zero-order valence-corrected chi connectivity index (χ0v) is 14.6. The van der Waals surface area contributed by atoms with E-state index in [1.165, 1.54) is 41.1 Å². The Labute approximate surface area is 143 Å². The topological polar surface area (TPSA) is 61.7 Å². The van der Waals surface area contributed by atoms with Crippen molar-refractivity contribution in [2.45, 2.75) is 33.2 Å². The lowest BCUT2D eigenvalue weighted by Crippen LogP contribution is -2.31. The second-order valence-corrected chi connectivity index (χ2v) is 6.33. The molecule has 0 saturated heterocycles. The van der Waals surface area contributed by atoms with Gasteiger partial charge >= 0.3 is 0 Å². The highest BCUT2D eigenvalue weighted by Gasteiger charge is 2.22. The van der Waals surface area contributed by atoms with Gasteiger partial charge in [0.15, 0.2) is 0 Å². The van der Waals surface area contributed by atoms with Crippen LogP contribution in [0.2, 0.25) is 0 Å². The molecule has 1 aliphatic heterocycles. The molecule has 0 aromatic heterocycles. The van der Waals surface area contributed by atoms with Crippen LogP contribution in [0.5, 0.6) is 17.2 Å². The fraction of sp³-hybridized carbons (Fsp3) is 0.300. The van der Waals surface area contributed by atoms with Crippen LogP contribution in [0, 0.1) is 0 Å². The average Bonchev–Trinajstić information content (AvgIpc) is 2.51. The first-order valence-corrected chi connectivity index (χ1v) is 8.03. The zero-order valence-electron chi connectivity index (χ0n) is 14.6. The molecule has 4 heteroatoms. The molecule has 1 aliphatic rings. The van der Waals surface area contributed by atoms with Crippen LogP contribution in [0.15, 0.2) is 48.5 Å². The molecule has 0 bridgehead atoms. The van der Waals surface area contributed by atoms with Gasteiger partial charge in [0.05, 0.1) is 12.1 Å². The number of rotatable bonds is 2. The highest BCUT2D eigenvalue weighted by atomic mass is 16.5. The van der Waals surface area contributed by atoms with Crippen molar-refractivity contribution in [2.75, 3.05) is 11.9 Å². The summed E-state index contributed by atoms with van der Waals surface area (Å²) in [5.74, 6) is 1.28. The molecule has 2 aromatic carbocycles. The molecule has 2 aromatic rings. The summed E-state index contributed by atoms with van der Waals surface area (Å²) in [6, 6.07) is 11.9. The molecular formula is C20H25NO3. The Morgan fingerprint density at radius 3 is 2.12 bits per heavy atom. The Balaban J connectivity index is 0.000000219. The molecule has 0 unspecified atom stereocenters. The summed E-state index contributed by atoms with van der Waals surface area (Å²) in [5, 5.41) is 20.8. The van der Waals surface area contributed by atoms with E-state index in [0.29, 0.717) is 6.61 Å². The van der Waals surface area contributed by atoms with Crippen molar-refractivity contribution in [3.8, 4) is 17.2 Å². The van der Waals surface area contributed by atoms with Crippen molar-refractivity contribution >= 4 is 11.3 Å². The number of aromatic hydroxyl groups is 2. The molecule has 128 valence electrons. The van der Waals surface area contributed by atoms with E-state index in [1.807, 2.05) is 13.0 Å². The summed E-state index contributed by atoms with van der Waals surface area (Å²) >= 11 is 0. The molecule has 1 heterocycles. The predicted octanol–water partition coefficient (Wildman–Crippen LogP) is 4.79. The van der Waals surface area contributed by atoms with E-state index in [1.54, 1.807) is 0 Å². The Bertz CT molecular complexity index is 697. The Morgan fingerprint density at radius 2 is 1.58 bits per heavy atom. The minimum Gasteiger partial charge on any atom is -0.508 e. The quantitative estimate of drug-likeness (QED) is 0.694. The molecular weight excluding hydrogens is 302 g/mol. The van der Waals surface area contributed by atoms with Crippen molar-refractivity contribution in [3.05, 3.63) is 54.1 Å². The van der Waals surface area contributed by atoms with Crippen LogP contribution in [-0.2, 0) is 0 Å². The van der Waals surface area contributed by atoms with Crippen LogP contribution in [0.3, 0.4) is 0 Å². The van der Waals surface area contributed by atoms with E-state index in [9.17, 15) is 0 Å². The maximum atomic E-state index is 8.65. The lowest BCUT2D eigenvalue weighted by atomic mass is 9.91. The molecule has 0 spiro atoms. The Kier molecular flexibility index (Phi) is 5.39. The fourth-order valence-corrected chi connectivity index (χ4v) is 2.67. The largest absolute Gasteiger partial charge is 0.508 e. The second-order valence-electron chi connectivity index (χ2n) is 6.33. The summed E-state index contributed by atoms with van der Waals surface area (Å²) in [6.45, 7) is 9.22. The number of phenolic OH excluding ortho intramolecular Hbond substituents is 2. The maximum absolute atomic E-state index is 8.65. The van der Waals surface area contributed by atoms with Crippen LogP contribution in [0.4, 0.5) is 5.69 Å². The summed E-state index contributed by atoms with van der Waals surface area (Å²) in [4.78, 5) is 0. The minimum atomic E-state index is 0.0320. The Hall–Kier alpha value is -2.62. The smallest absolute Gasteiger partial charge is 0.120 e.